The maximum atomic E-state index is 11.9. The highest BCUT2D eigenvalue weighted by atomic mass is 35.5. The molecular weight excluding hydrogens is 448 g/mol. The van der Waals surface area contributed by atoms with Crippen LogP contribution in [0.5, 0.6) is 11.5 Å². The Balaban J connectivity index is 0.00000274. The topological polar surface area (TPSA) is 51.6 Å². The molecule has 2 bridgehead atoms. The van der Waals surface area contributed by atoms with E-state index in [1.54, 1.807) is 20.4 Å². The van der Waals surface area contributed by atoms with Crippen molar-refractivity contribution in [2.45, 2.75) is 31.5 Å². The number of aromatic nitrogens is 1. The van der Waals surface area contributed by atoms with E-state index in [4.69, 9.17) is 9.47 Å². The zero-order chi connectivity index (χ0) is 23.0. The molecule has 0 radical (unpaired) electrons. The van der Waals surface area contributed by atoms with E-state index in [0.717, 1.165) is 58.5 Å². The van der Waals surface area contributed by atoms with Gasteiger partial charge in [-0.15, -0.1) is 6.58 Å². The van der Waals surface area contributed by atoms with Crippen LogP contribution in [0.3, 0.4) is 0 Å². The van der Waals surface area contributed by atoms with E-state index in [2.05, 4.69) is 29.8 Å². The molecule has 34 heavy (non-hydrogen) atoms. The van der Waals surface area contributed by atoms with Gasteiger partial charge in [-0.1, -0.05) is 18.2 Å². The number of rotatable bonds is 7. The van der Waals surface area contributed by atoms with E-state index < -0.39 is 6.10 Å². The van der Waals surface area contributed by atoms with Gasteiger partial charge >= 0.3 is 0 Å². The monoisotopic (exact) mass is 480 g/mol. The van der Waals surface area contributed by atoms with Gasteiger partial charge in [-0.2, -0.15) is 0 Å². The van der Waals surface area contributed by atoms with Crippen molar-refractivity contribution >= 4 is 10.9 Å². The van der Waals surface area contributed by atoms with E-state index in [-0.39, 0.29) is 18.4 Å². The van der Waals surface area contributed by atoms with Gasteiger partial charge in [-0.05, 0) is 47.9 Å². The number of quaternary nitrogens is 1. The second kappa shape index (κ2) is 9.95. The summed E-state index contributed by atoms with van der Waals surface area (Å²) in [4.78, 5) is 4.52. The molecule has 6 heteroatoms. The first-order valence-corrected chi connectivity index (χ1v) is 11.8. The van der Waals surface area contributed by atoms with Crippen molar-refractivity contribution < 1.29 is 31.5 Å². The molecule has 0 aliphatic carbocycles. The van der Waals surface area contributed by atoms with Crippen LogP contribution in [0.15, 0.2) is 67.4 Å². The van der Waals surface area contributed by atoms with Gasteiger partial charge in [-0.3, -0.25) is 4.98 Å². The van der Waals surface area contributed by atoms with Crippen LogP contribution < -0.4 is 21.9 Å². The zero-order valence-electron chi connectivity index (χ0n) is 19.9. The highest BCUT2D eigenvalue weighted by Gasteiger charge is 2.54. The molecule has 0 saturated carbocycles. The molecule has 3 aliphatic rings. The largest absolute Gasteiger partial charge is 1.00 e. The first kappa shape index (κ1) is 24.5. The second-order valence-electron chi connectivity index (χ2n) is 9.57. The number of ether oxygens (including phenoxy) is 2. The fraction of sp³-hybridized carbons (Fsp3) is 0.393. The quantitative estimate of drug-likeness (QED) is 0.414. The molecule has 1 aromatic heterocycles. The van der Waals surface area contributed by atoms with Gasteiger partial charge in [-0.25, -0.2) is 0 Å². The van der Waals surface area contributed by atoms with Crippen LogP contribution in [0.25, 0.3) is 10.9 Å². The number of piperidine rings is 3. The number of benzene rings is 2. The van der Waals surface area contributed by atoms with Crippen molar-refractivity contribution in [2.75, 3.05) is 27.3 Å². The van der Waals surface area contributed by atoms with Crippen LogP contribution in [-0.2, 0) is 6.54 Å². The van der Waals surface area contributed by atoms with E-state index in [1.807, 2.05) is 36.4 Å². The van der Waals surface area contributed by atoms with Gasteiger partial charge in [0.05, 0.1) is 32.8 Å². The summed E-state index contributed by atoms with van der Waals surface area (Å²) < 4.78 is 12.0. The van der Waals surface area contributed by atoms with Crippen molar-refractivity contribution in [3.05, 3.63) is 78.5 Å². The van der Waals surface area contributed by atoms with E-state index in [0.29, 0.717) is 11.8 Å². The Morgan fingerprint density at radius 2 is 2.00 bits per heavy atom. The SMILES string of the molecule is C=C[C@H]1C[N+]2(Cc3ccccc3OC)CC[C@H]1C[C@H]2[C@H](O)c1ccnc2ccc(OC)cc12.[Cl-]. The van der Waals surface area contributed by atoms with Crippen molar-refractivity contribution in [1.82, 2.24) is 4.98 Å². The minimum absolute atomic E-state index is 0. The first-order valence-electron chi connectivity index (χ1n) is 11.8. The average Bonchev–Trinajstić information content (AvgIpc) is 2.87. The summed E-state index contributed by atoms with van der Waals surface area (Å²) in [6.07, 6.45) is 5.50. The summed E-state index contributed by atoms with van der Waals surface area (Å²) in [5.74, 6) is 2.74. The number of nitrogens with zero attached hydrogens (tertiary/aromatic N) is 2. The van der Waals surface area contributed by atoms with Gasteiger partial charge in [0.25, 0.3) is 0 Å². The smallest absolute Gasteiger partial charge is 0.131 e. The summed E-state index contributed by atoms with van der Waals surface area (Å²) >= 11 is 0. The van der Waals surface area contributed by atoms with Crippen LogP contribution in [0.4, 0.5) is 0 Å². The molecule has 4 heterocycles. The lowest BCUT2D eigenvalue weighted by atomic mass is 9.71. The number of fused-ring (bicyclic) bond motifs is 4. The number of aliphatic hydroxyl groups excluding tert-OH is 1. The Kier molecular flexibility index (Phi) is 7.17. The van der Waals surface area contributed by atoms with Crippen LogP contribution in [0.1, 0.15) is 30.1 Å². The molecular formula is C28H33ClN2O3. The summed E-state index contributed by atoms with van der Waals surface area (Å²) in [5.41, 5.74) is 3.01. The standard InChI is InChI=1S/C28H33N2O3.ClH/c1-4-19-17-30(18-21-7-5-6-8-27(21)33-3)14-12-20(19)15-26(30)28(31)23-11-13-29-25-10-9-22(32-2)16-24(23)25;/h4-11,13,16,19-20,26,28,31H,1,12,14-15,17-18H2,2-3H3;1H/q+1;/p-1/t19-,20-,26-,28+,30?;/m0./s1. The third-order valence-electron chi connectivity index (χ3n) is 8.02. The van der Waals surface area contributed by atoms with E-state index in [1.165, 1.54) is 12.0 Å². The normalized spacial score (nSPS) is 26.5. The Morgan fingerprint density at radius 3 is 2.76 bits per heavy atom. The van der Waals surface area contributed by atoms with Crippen LogP contribution in [0, 0.1) is 11.8 Å². The summed E-state index contributed by atoms with van der Waals surface area (Å²) in [6, 6.07) is 16.2. The molecule has 6 rings (SSSR count). The molecule has 3 aromatic rings. The lowest BCUT2D eigenvalue weighted by molar-refractivity contribution is -0.984. The fourth-order valence-corrected chi connectivity index (χ4v) is 6.29. The molecule has 1 N–H and O–H groups in total. The fourth-order valence-electron chi connectivity index (χ4n) is 6.29. The molecule has 3 fully saturated rings. The first-order chi connectivity index (χ1) is 16.1. The number of aliphatic hydroxyl groups is 1. The van der Waals surface area contributed by atoms with E-state index in [9.17, 15) is 5.11 Å². The van der Waals surface area contributed by atoms with Crippen molar-refractivity contribution in [3.63, 3.8) is 0 Å². The predicted molar refractivity (Wildman–Crippen MR) is 130 cm³/mol. The number of hydrogen-bond donors (Lipinski definition) is 1. The van der Waals surface area contributed by atoms with Gasteiger partial charge in [0.15, 0.2) is 0 Å². The van der Waals surface area contributed by atoms with E-state index >= 15 is 0 Å². The number of hydrogen-bond acceptors (Lipinski definition) is 4. The van der Waals surface area contributed by atoms with Gasteiger partial charge in [0, 0.05) is 35.9 Å². The number of halogens is 1. The maximum absolute atomic E-state index is 11.9. The minimum Gasteiger partial charge on any atom is -1.00 e. The summed E-state index contributed by atoms with van der Waals surface area (Å²) in [5, 5.41) is 12.9. The van der Waals surface area contributed by atoms with Crippen molar-refractivity contribution in [1.29, 1.82) is 0 Å². The average molecular weight is 481 g/mol. The summed E-state index contributed by atoms with van der Waals surface area (Å²) in [7, 11) is 3.40. The number of pyridine rings is 1. The number of methoxy groups -OCH3 is 2. The minimum atomic E-state index is -0.592. The van der Waals surface area contributed by atoms with Gasteiger partial charge in [0.1, 0.15) is 30.2 Å². The molecule has 5 atom stereocenters. The second-order valence-corrected chi connectivity index (χ2v) is 9.57. The predicted octanol–water partition coefficient (Wildman–Crippen LogP) is 1.90. The van der Waals surface area contributed by atoms with Crippen LogP contribution in [0.2, 0.25) is 0 Å². The third kappa shape index (κ3) is 4.17. The van der Waals surface area contributed by atoms with Crippen molar-refractivity contribution in [2.24, 2.45) is 11.8 Å². The molecule has 3 saturated heterocycles. The maximum Gasteiger partial charge on any atom is 0.131 e. The Morgan fingerprint density at radius 1 is 1.18 bits per heavy atom. The summed E-state index contributed by atoms with van der Waals surface area (Å²) in [6.45, 7) is 7.04. The Bertz CT molecular complexity index is 1170. The highest BCUT2D eigenvalue weighted by Crippen LogP contribution is 2.48. The third-order valence-corrected chi connectivity index (χ3v) is 8.02. The van der Waals surface area contributed by atoms with Gasteiger partial charge in [0.2, 0.25) is 0 Å². The van der Waals surface area contributed by atoms with Crippen molar-refractivity contribution in [3.8, 4) is 11.5 Å². The molecule has 5 nitrogen and oxygen atoms in total. The highest BCUT2D eigenvalue weighted by molar-refractivity contribution is 5.83. The lowest BCUT2D eigenvalue weighted by Gasteiger charge is -2.58. The Labute approximate surface area is 208 Å². The molecule has 2 aromatic carbocycles. The molecule has 1 unspecified atom stereocenters. The number of para-hydroxylation sites is 1. The molecule has 0 amide bonds. The van der Waals surface area contributed by atoms with Crippen LogP contribution >= 0.6 is 0 Å². The molecule has 180 valence electrons. The zero-order valence-corrected chi connectivity index (χ0v) is 20.6. The molecule has 0 spiro atoms. The lowest BCUT2D eigenvalue weighted by Crippen LogP contribution is -3.00. The van der Waals surface area contributed by atoms with Gasteiger partial charge < -0.3 is 31.5 Å². The molecule has 3 aliphatic heterocycles. The Hall–Kier alpha value is -2.60. The van der Waals surface area contributed by atoms with Crippen LogP contribution in [-0.4, -0.2) is 47.9 Å².